The van der Waals surface area contributed by atoms with Crippen LogP contribution in [0.5, 0.6) is 0 Å². The van der Waals surface area contributed by atoms with E-state index in [0.717, 1.165) is 0 Å². The molecular formula is C10H14N2O3. The Morgan fingerprint density at radius 2 is 2.53 bits per heavy atom. The molecule has 0 bridgehead atoms. The third-order valence-electron chi connectivity index (χ3n) is 2.49. The molecule has 5 nitrogen and oxygen atoms in total. The zero-order valence-electron chi connectivity index (χ0n) is 8.39. The first-order valence-corrected chi connectivity index (χ1v) is 4.95. The molecule has 1 saturated heterocycles. The lowest BCUT2D eigenvalue weighted by molar-refractivity contribution is -0.000745. The molecule has 1 aliphatic heterocycles. The van der Waals surface area contributed by atoms with Crippen molar-refractivity contribution >= 4 is 5.91 Å². The number of hydrogen-bond acceptors (Lipinski definition) is 4. The Bertz CT molecular complexity index is 323. The maximum atomic E-state index is 12.0. The number of nitrogens with zero attached hydrogens (tertiary/aromatic N) is 1. The van der Waals surface area contributed by atoms with Gasteiger partial charge < -0.3 is 19.8 Å². The molecule has 0 spiro atoms. The van der Waals surface area contributed by atoms with E-state index in [1.54, 1.807) is 17.0 Å². The van der Waals surface area contributed by atoms with Crippen molar-refractivity contribution in [2.75, 3.05) is 26.3 Å². The van der Waals surface area contributed by atoms with Crippen molar-refractivity contribution in [3.63, 3.8) is 0 Å². The van der Waals surface area contributed by atoms with Crippen molar-refractivity contribution in [1.29, 1.82) is 0 Å². The summed E-state index contributed by atoms with van der Waals surface area (Å²) in [6.45, 7) is 2.04. The van der Waals surface area contributed by atoms with Crippen molar-refractivity contribution in [2.45, 2.75) is 6.04 Å². The lowest BCUT2D eigenvalue weighted by atomic mass is 10.2. The van der Waals surface area contributed by atoms with Crippen LogP contribution in [-0.4, -0.2) is 43.2 Å². The normalized spacial score (nSPS) is 21.7. The van der Waals surface area contributed by atoms with E-state index in [9.17, 15) is 4.79 Å². The molecule has 1 aromatic heterocycles. The van der Waals surface area contributed by atoms with E-state index in [2.05, 4.69) is 0 Å². The molecule has 0 aliphatic carbocycles. The monoisotopic (exact) mass is 210 g/mol. The summed E-state index contributed by atoms with van der Waals surface area (Å²) in [7, 11) is 0. The second-order valence-electron chi connectivity index (χ2n) is 3.44. The van der Waals surface area contributed by atoms with Gasteiger partial charge in [-0.25, -0.2) is 0 Å². The lowest BCUT2D eigenvalue weighted by Crippen LogP contribution is -2.51. The van der Waals surface area contributed by atoms with Crippen LogP contribution in [0.1, 0.15) is 10.6 Å². The second-order valence-corrected chi connectivity index (χ2v) is 3.44. The van der Waals surface area contributed by atoms with E-state index in [1.165, 1.54) is 6.26 Å². The largest absolute Gasteiger partial charge is 0.459 e. The Kier molecular flexibility index (Phi) is 3.03. The predicted octanol–water partition coefficient (Wildman–Crippen LogP) is 0.0793. The molecule has 5 heteroatoms. The molecule has 82 valence electrons. The molecule has 1 aromatic rings. The van der Waals surface area contributed by atoms with Gasteiger partial charge in [-0.3, -0.25) is 4.79 Å². The molecule has 2 N–H and O–H groups in total. The van der Waals surface area contributed by atoms with E-state index < -0.39 is 0 Å². The first-order chi connectivity index (χ1) is 7.33. The zero-order chi connectivity index (χ0) is 10.7. The molecule has 2 heterocycles. The number of ether oxygens (including phenoxy) is 1. The van der Waals surface area contributed by atoms with Crippen LogP contribution in [0.25, 0.3) is 0 Å². The summed E-state index contributed by atoms with van der Waals surface area (Å²) in [5.41, 5.74) is 5.58. The fourth-order valence-electron chi connectivity index (χ4n) is 1.66. The van der Waals surface area contributed by atoms with Gasteiger partial charge in [0.2, 0.25) is 0 Å². The maximum absolute atomic E-state index is 12.0. The highest BCUT2D eigenvalue weighted by atomic mass is 16.5. The number of morpholine rings is 1. The number of carbonyl (C=O) groups excluding carboxylic acids is 1. The Morgan fingerprint density at radius 3 is 3.20 bits per heavy atom. The van der Waals surface area contributed by atoms with Crippen LogP contribution < -0.4 is 5.73 Å². The van der Waals surface area contributed by atoms with Gasteiger partial charge in [-0.15, -0.1) is 0 Å². The number of rotatable bonds is 2. The molecule has 1 unspecified atom stereocenters. The van der Waals surface area contributed by atoms with Crippen LogP contribution in [0.4, 0.5) is 0 Å². The van der Waals surface area contributed by atoms with Gasteiger partial charge in [-0.05, 0) is 12.1 Å². The van der Waals surface area contributed by atoms with Crippen molar-refractivity contribution in [2.24, 2.45) is 5.73 Å². The maximum Gasteiger partial charge on any atom is 0.289 e. The fraction of sp³-hybridized carbons (Fsp3) is 0.500. The quantitative estimate of drug-likeness (QED) is 0.750. The summed E-state index contributed by atoms with van der Waals surface area (Å²) in [5, 5.41) is 0. The van der Waals surface area contributed by atoms with E-state index in [1.807, 2.05) is 0 Å². The van der Waals surface area contributed by atoms with Crippen molar-refractivity contribution in [3.05, 3.63) is 24.2 Å². The summed E-state index contributed by atoms with van der Waals surface area (Å²) in [6.07, 6.45) is 1.49. The third-order valence-corrected chi connectivity index (χ3v) is 2.49. The minimum atomic E-state index is -0.112. The van der Waals surface area contributed by atoms with Crippen molar-refractivity contribution < 1.29 is 13.9 Å². The van der Waals surface area contributed by atoms with E-state index in [4.69, 9.17) is 14.9 Å². The highest BCUT2D eigenvalue weighted by Crippen LogP contribution is 2.12. The smallest absolute Gasteiger partial charge is 0.289 e. The second kappa shape index (κ2) is 4.46. The van der Waals surface area contributed by atoms with Gasteiger partial charge in [0.05, 0.1) is 25.5 Å². The number of nitrogens with two attached hydrogens (primary N) is 1. The molecule has 1 fully saturated rings. The Balaban J connectivity index is 2.11. The molecule has 1 aliphatic rings. The van der Waals surface area contributed by atoms with E-state index in [-0.39, 0.29) is 11.9 Å². The van der Waals surface area contributed by atoms with E-state index in [0.29, 0.717) is 32.1 Å². The molecule has 0 aromatic carbocycles. The molecule has 0 radical (unpaired) electrons. The first-order valence-electron chi connectivity index (χ1n) is 4.95. The Hall–Kier alpha value is -1.33. The highest BCUT2D eigenvalue weighted by molar-refractivity contribution is 5.91. The van der Waals surface area contributed by atoms with Gasteiger partial charge >= 0.3 is 0 Å². The SMILES string of the molecule is NCC1COCCN1C(=O)c1ccco1. The standard InChI is InChI=1S/C10H14N2O3/c11-6-8-7-14-5-3-12(8)10(13)9-2-1-4-15-9/h1-2,4,8H,3,5-7,11H2. The summed E-state index contributed by atoms with van der Waals surface area (Å²) >= 11 is 0. The molecular weight excluding hydrogens is 196 g/mol. The number of carbonyl (C=O) groups is 1. The van der Waals surface area contributed by atoms with E-state index >= 15 is 0 Å². The predicted molar refractivity (Wildman–Crippen MR) is 53.4 cm³/mol. The van der Waals surface area contributed by atoms with Gasteiger partial charge in [0.15, 0.2) is 5.76 Å². The summed E-state index contributed by atoms with van der Waals surface area (Å²) < 4.78 is 10.3. The molecule has 1 atom stereocenters. The number of amides is 1. The summed E-state index contributed by atoms with van der Waals surface area (Å²) in [6, 6.07) is 3.31. The lowest BCUT2D eigenvalue weighted by Gasteiger charge is -2.34. The number of hydrogen-bond donors (Lipinski definition) is 1. The Morgan fingerprint density at radius 1 is 1.67 bits per heavy atom. The van der Waals surface area contributed by atoms with Crippen LogP contribution in [0.3, 0.4) is 0 Å². The topological polar surface area (TPSA) is 68.7 Å². The molecule has 2 rings (SSSR count). The van der Waals surface area contributed by atoms with Crippen LogP contribution in [0.2, 0.25) is 0 Å². The average Bonchev–Trinajstić information content (AvgIpc) is 2.81. The summed E-state index contributed by atoms with van der Waals surface area (Å²) in [4.78, 5) is 13.7. The van der Waals surface area contributed by atoms with Crippen LogP contribution >= 0.6 is 0 Å². The minimum Gasteiger partial charge on any atom is -0.459 e. The van der Waals surface area contributed by atoms with Crippen molar-refractivity contribution in [3.8, 4) is 0 Å². The van der Waals surface area contributed by atoms with Crippen LogP contribution in [0, 0.1) is 0 Å². The molecule has 15 heavy (non-hydrogen) atoms. The van der Waals surface area contributed by atoms with Gasteiger partial charge in [-0.1, -0.05) is 0 Å². The van der Waals surface area contributed by atoms with Gasteiger partial charge in [0, 0.05) is 13.1 Å². The Labute approximate surface area is 87.8 Å². The average molecular weight is 210 g/mol. The number of furan rings is 1. The first kappa shape index (κ1) is 10.2. The molecule has 1 amide bonds. The van der Waals surface area contributed by atoms with Crippen LogP contribution in [-0.2, 0) is 4.74 Å². The van der Waals surface area contributed by atoms with Gasteiger partial charge in [0.1, 0.15) is 0 Å². The summed E-state index contributed by atoms with van der Waals surface area (Å²) in [5.74, 6) is 0.245. The third kappa shape index (κ3) is 2.03. The fourth-order valence-corrected chi connectivity index (χ4v) is 1.66. The highest BCUT2D eigenvalue weighted by Gasteiger charge is 2.28. The van der Waals surface area contributed by atoms with Crippen molar-refractivity contribution in [1.82, 2.24) is 4.90 Å². The zero-order valence-corrected chi connectivity index (χ0v) is 8.39. The molecule has 0 saturated carbocycles. The van der Waals surface area contributed by atoms with Gasteiger partial charge in [0.25, 0.3) is 5.91 Å². The van der Waals surface area contributed by atoms with Gasteiger partial charge in [-0.2, -0.15) is 0 Å². The minimum absolute atomic E-state index is 0.0450. The van der Waals surface area contributed by atoms with Crippen LogP contribution in [0.15, 0.2) is 22.8 Å².